The number of hydrogen-bond donors (Lipinski definition) is 1. The fourth-order valence-corrected chi connectivity index (χ4v) is 4.34. The highest BCUT2D eigenvalue weighted by Crippen LogP contribution is 2.27. The molecule has 1 heterocycles. The highest BCUT2D eigenvalue weighted by molar-refractivity contribution is 7.92. The number of sulfonamides is 1. The summed E-state index contributed by atoms with van der Waals surface area (Å²) in [5, 5.41) is 4.47. The average Bonchev–Trinajstić information content (AvgIpc) is 2.84. The van der Waals surface area contributed by atoms with Gasteiger partial charge in [-0.25, -0.2) is 12.8 Å². The highest BCUT2D eigenvalue weighted by atomic mass is 35.5. The third kappa shape index (κ3) is 3.59. The number of benzene rings is 2. The minimum atomic E-state index is -3.87. The Bertz CT molecular complexity index is 1060. The van der Waals surface area contributed by atoms with Gasteiger partial charge in [-0.2, -0.15) is 5.10 Å². The molecular weight excluding hydrogens is 377 g/mol. The van der Waals surface area contributed by atoms with Crippen molar-refractivity contribution in [3.8, 4) is 0 Å². The van der Waals surface area contributed by atoms with Crippen LogP contribution in [0.1, 0.15) is 17.0 Å². The van der Waals surface area contributed by atoms with Crippen molar-refractivity contribution in [1.29, 1.82) is 0 Å². The molecule has 2 aromatic carbocycles. The van der Waals surface area contributed by atoms with E-state index in [1.54, 1.807) is 48.9 Å². The van der Waals surface area contributed by atoms with Crippen LogP contribution < -0.4 is 4.72 Å². The Balaban J connectivity index is 1.94. The molecule has 1 N–H and O–H groups in total. The molecule has 0 radical (unpaired) electrons. The van der Waals surface area contributed by atoms with E-state index in [-0.39, 0.29) is 22.3 Å². The molecule has 0 aliphatic carbocycles. The Labute approximate surface area is 156 Å². The maximum absolute atomic E-state index is 13.9. The fourth-order valence-electron chi connectivity index (χ4n) is 2.64. The molecule has 3 rings (SSSR count). The lowest BCUT2D eigenvalue weighted by molar-refractivity contribution is 0.579. The van der Waals surface area contributed by atoms with Crippen LogP contribution in [0.25, 0.3) is 0 Å². The van der Waals surface area contributed by atoms with Gasteiger partial charge in [-0.15, -0.1) is 0 Å². The maximum atomic E-state index is 13.9. The molecule has 0 unspecified atom stereocenters. The Hall–Kier alpha value is -2.38. The van der Waals surface area contributed by atoms with Crippen molar-refractivity contribution in [2.75, 3.05) is 4.72 Å². The average molecular weight is 394 g/mol. The van der Waals surface area contributed by atoms with Crippen LogP contribution in [0.2, 0.25) is 5.02 Å². The molecular formula is C18H17ClFN3O2S. The third-order valence-corrected chi connectivity index (χ3v) is 5.87. The Morgan fingerprint density at radius 1 is 1.12 bits per heavy atom. The van der Waals surface area contributed by atoms with Gasteiger partial charge >= 0.3 is 0 Å². The zero-order valence-electron chi connectivity index (χ0n) is 14.2. The normalized spacial score (nSPS) is 11.5. The molecule has 0 amide bonds. The number of rotatable bonds is 5. The zero-order chi connectivity index (χ0) is 18.9. The van der Waals surface area contributed by atoms with Crippen molar-refractivity contribution >= 4 is 27.3 Å². The van der Waals surface area contributed by atoms with Crippen molar-refractivity contribution in [3.63, 3.8) is 0 Å². The van der Waals surface area contributed by atoms with Gasteiger partial charge in [-0.3, -0.25) is 9.40 Å². The van der Waals surface area contributed by atoms with Gasteiger partial charge in [-0.1, -0.05) is 41.9 Å². The van der Waals surface area contributed by atoms with E-state index in [0.29, 0.717) is 22.6 Å². The smallest absolute Gasteiger partial charge is 0.263 e. The summed E-state index contributed by atoms with van der Waals surface area (Å²) < 4.78 is 43.3. The monoisotopic (exact) mass is 393 g/mol. The van der Waals surface area contributed by atoms with Crippen LogP contribution in [-0.4, -0.2) is 18.2 Å². The number of nitrogens with one attached hydrogen (secondary N) is 1. The molecule has 0 fully saturated rings. The second-order valence-electron chi connectivity index (χ2n) is 5.83. The summed E-state index contributed by atoms with van der Waals surface area (Å²) in [6.45, 7) is 3.62. The first kappa shape index (κ1) is 18.4. The predicted molar refractivity (Wildman–Crippen MR) is 99.5 cm³/mol. The SMILES string of the molecule is Cc1nn(Cc2ccccc2F)c(C)c1NS(=O)(=O)c1ccccc1Cl. The largest absolute Gasteiger partial charge is 0.276 e. The van der Waals surface area contributed by atoms with Crippen LogP contribution >= 0.6 is 11.6 Å². The lowest BCUT2D eigenvalue weighted by Gasteiger charge is -2.10. The third-order valence-electron chi connectivity index (χ3n) is 4.02. The van der Waals surface area contributed by atoms with Gasteiger partial charge in [0.1, 0.15) is 10.7 Å². The topological polar surface area (TPSA) is 64.0 Å². The lowest BCUT2D eigenvalue weighted by Crippen LogP contribution is -2.14. The van der Waals surface area contributed by atoms with Crippen molar-refractivity contribution in [3.05, 3.63) is 76.3 Å². The Kier molecular flexibility index (Phi) is 5.02. The van der Waals surface area contributed by atoms with E-state index in [1.165, 1.54) is 18.2 Å². The summed E-state index contributed by atoms with van der Waals surface area (Å²) >= 11 is 6.00. The number of hydrogen-bond acceptors (Lipinski definition) is 3. The molecule has 8 heteroatoms. The van der Waals surface area contributed by atoms with E-state index in [0.717, 1.165) is 0 Å². The predicted octanol–water partition coefficient (Wildman–Crippen LogP) is 4.14. The Morgan fingerprint density at radius 3 is 2.46 bits per heavy atom. The molecule has 136 valence electrons. The minimum absolute atomic E-state index is 0.0117. The number of halogens is 2. The van der Waals surface area contributed by atoms with Gasteiger partial charge in [0, 0.05) is 5.56 Å². The summed E-state index contributed by atoms with van der Waals surface area (Å²) in [6.07, 6.45) is 0. The molecule has 0 saturated carbocycles. The first-order valence-corrected chi connectivity index (χ1v) is 9.70. The van der Waals surface area contributed by atoms with Crippen LogP contribution in [0.15, 0.2) is 53.4 Å². The van der Waals surface area contributed by atoms with E-state index in [4.69, 9.17) is 11.6 Å². The summed E-state index contributed by atoms with van der Waals surface area (Å²) in [7, 11) is -3.87. The van der Waals surface area contributed by atoms with Crippen molar-refractivity contribution in [2.45, 2.75) is 25.3 Å². The lowest BCUT2D eigenvalue weighted by atomic mass is 10.2. The zero-order valence-corrected chi connectivity index (χ0v) is 15.8. The van der Waals surface area contributed by atoms with E-state index < -0.39 is 10.0 Å². The van der Waals surface area contributed by atoms with Gasteiger partial charge < -0.3 is 0 Å². The molecule has 3 aromatic rings. The van der Waals surface area contributed by atoms with Gasteiger partial charge in [-0.05, 0) is 32.0 Å². The molecule has 0 aliphatic rings. The molecule has 5 nitrogen and oxygen atoms in total. The van der Waals surface area contributed by atoms with E-state index in [1.807, 2.05) is 0 Å². The molecule has 0 atom stereocenters. The molecule has 1 aromatic heterocycles. The van der Waals surface area contributed by atoms with Gasteiger partial charge in [0.15, 0.2) is 0 Å². The summed E-state index contributed by atoms with van der Waals surface area (Å²) in [6, 6.07) is 12.6. The molecule has 0 saturated heterocycles. The minimum Gasteiger partial charge on any atom is -0.276 e. The van der Waals surface area contributed by atoms with Crippen LogP contribution in [0, 0.1) is 19.7 Å². The van der Waals surface area contributed by atoms with Crippen LogP contribution in [0.4, 0.5) is 10.1 Å². The molecule has 0 spiro atoms. The first-order chi connectivity index (χ1) is 12.3. The van der Waals surface area contributed by atoms with Crippen LogP contribution in [0.5, 0.6) is 0 Å². The van der Waals surface area contributed by atoms with E-state index in [2.05, 4.69) is 9.82 Å². The van der Waals surface area contributed by atoms with Crippen LogP contribution in [-0.2, 0) is 16.6 Å². The molecule has 0 aliphatic heterocycles. The summed E-state index contributed by atoms with van der Waals surface area (Å²) in [5.74, 6) is -0.335. The second-order valence-corrected chi connectivity index (χ2v) is 7.89. The Morgan fingerprint density at radius 2 is 1.77 bits per heavy atom. The number of nitrogens with zero attached hydrogens (tertiary/aromatic N) is 2. The number of aromatic nitrogens is 2. The van der Waals surface area contributed by atoms with E-state index in [9.17, 15) is 12.8 Å². The fraction of sp³-hybridized carbons (Fsp3) is 0.167. The van der Waals surface area contributed by atoms with Crippen molar-refractivity contribution < 1.29 is 12.8 Å². The number of anilines is 1. The van der Waals surface area contributed by atoms with Gasteiger partial charge in [0.2, 0.25) is 0 Å². The summed E-state index contributed by atoms with van der Waals surface area (Å²) in [5.41, 5.74) is 1.91. The van der Waals surface area contributed by atoms with Crippen molar-refractivity contribution in [2.24, 2.45) is 0 Å². The first-order valence-electron chi connectivity index (χ1n) is 7.84. The quantitative estimate of drug-likeness (QED) is 0.708. The van der Waals surface area contributed by atoms with Gasteiger partial charge in [0.25, 0.3) is 10.0 Å². The molecule has 26 heavy (non-hydrogen) atoms. The standard InChI is InChI=1S/C18H17ClFN3O2S/c1-12-18(22-26(24,25)17-10-6-4-8-15(17)19)13(2)23(21-12)11-14-7-3-5-9-16(14)20/h3-10,22H,11H2,1-2H3. The summed E-state index contributed by atoms with van der Waals surface area (Å²) in [4.78, 5) is -0.0117. The van der Waals surface area contributed by atoms with Crippen LogP contribution in [0.3, 0.4) is 0 Å². The number of aryl methyl sites for hydroxylation is 1. The van der Waals surface area contributed by atoms with Gasteiger partial charge in [0.05, 0.1) is 28.6 Å². The highest BCUT2D eigenvalue weighted by Gasteiger charge is 2.22. The van der Waals surface area contributed by atoms with E-state index >= 15 is 0 Å². The molecule has 0 bridgehead atoms. The van der Waals surface area contributed by atoms with Crippen molar-refractivity contribution in [1.82, 2.24) is 9.78 Å². The second kappa shape index (κ2) is 7.09. The maximum Gasteiger partial charge on any atom is 0.263 e.